The zero-order valence-electron chi connectivity index (χ0n) is 14.3. The summed E-state index contributed by atoms with van der Waals surface area (Å²) in [5.41, 5.74) is 5.46. The van der Waals surface area contributed by atoms with Gasteiger partial charge in [-0.1, -0.05) is 72.3 Å². The molecule has 0 unspecified atom stereocenters. The van der Waals surface area contributed by atoms with Crippen LogP contribution in [0.4, 0.5) is 0 Å². The van der Waals surface area contributed by atoms with E-state index in [-0.39, 0.29) is 0 Å². The molecule has 0 amide bonds. The molecule has 26 heavy (non-hydrogen) atoms. The Kier molecular flexibility index (Phi) is 3.54. The van der Waals surface area contributed by atoms with Crippen molar-refractivity contribution >= 4 is 31.6 Å². The van der Waals surface area contributed by atoms with Gasteiger partial charge in [-0.25, -0.2) is 9.97 Å². The smallest absolute Gasteiger partial charge is 0.160 e. The molecule has 0 atom stereocenters. The highest BCUT2D eigenvalue weighted by molar-refractivity contribution is 7.26. The fourth-order valence-electron chi connectivity index (χ4n) is 3.30. The van der Waals surface area contributed by atoms with Crippen LogP contribution in [-0.2, 0) is 0 Å². The van der Waals surface area contributed by atoms with Crippen LogP contribution in [0.25, 0.3) is 42.9 Å². The van der Waals surface area contributed by atoms with Crippen molar-refractivity contribution in [1.29, 1.82) is 0 Å². The lowest BCUT2D eigenvalue weighted by molar-refractivity contribution is 1.24. The number of nitrogens with zero attached hydrogens (tertiary/aromatic N) is 2. The third-order valence-electron chi connectivity index (χ3n) is 4.54. The van der Waals surface area contributed by atoms with Gasteiger partial charge in [0, 0.05) is 21.2 Å². The van der Waals surface area contributed by atoms with E-state index in [2.05, 4.69) is 67.6 Å². The Morgan fingerprint density at radius 2 is 1.50 bits per heavy atom. The third kappa shape index (κ3) is 2.49. The van der Waals surface area contributed by atoms with E-state index >= 15 is 0 Å². The molecule has 5 aromatic rings. The predicted molar refractivity (Wildman–Crippen MR) is 111 cm³/mol. The Labute approximate surface area is 155 Å². The second-order valence-electron chi connectivity index (χ2n) is 6.41. The maximum absolute atomic E-state index is 4.98. The molecule has 0 saturated heterocycles. The molecule has 2 nitrogen and oxygen atoms in total. The van der Waals surface area contributed by atoms with E-state index in [4.69, 9.17) is 9.97 Å². The van der Waals surface area contributed by atoms with Gasteiger partial charge in [-0.3, -0.25) is 0 Å². The van der Waals surface area contributed by atoms with Gasteiger partial charge in [0.05, 0.1) is 15.9 Å². The van der Waals surface area contributed by atoms with Crippen LogP contribution in [0.15, 0.2) is 78.9 Å². The van der Waals surface area contributed by atoms with Crippen LogP contribution in [0.5, 0.6) is 0 Å². The van der Waals surface area contributed by atoms with Crippen LogP contribution in [0.1, 0.15) is 5.56 Å². The maximum atomic E-state index is 4.98. The van der Waals surface area contributed by atoms with Crippen LogP contribution < -0.4 is 0 Å². The molecule has 3 heteroatoms. The monoisotopic (exact) mass is 352 g/mol. The number of hydrogen-bond acceptors (Lipinski definition) is 3. The standard InChI is InChI=1S/C23H16N2S/c1-15-8-7-11-17(14-15)20-22-21(18-12-5-6-13-19(18)26-22)25-23(24-20)16-9-3-2-4-10-16/h2-14H,1H3. The minimum absolute atomic E-state index is 0.776. The van der Waals surface area contributed by atoms with Crippen LogP contribution >= 0.6 is 11.3 Å². The zero-order chi connectivity index (χ0) is 17.5. The quantitative estimate of drug-likeness (QED) is 0.363. The summed E-state index contributed by atoms with van der Waals surface area (Å²) in [5, 5.41) is 1.20. The Balaban J connectivity index is 1.90. The van der Waals surface area contributed by atoms with Crippen molar-refractivity contribution in [2.75, 3.05) is 0 Å². The predicted octanol–water partition coefficient (Wildman–Crippen LogP) is 6.49. The molecule has 0 aliphatic carbocycles. The van der Waals surface area contributed by atoms with Crippen molar-refractivity contribution in [2.24, 2.45) is 0 Å². The molecule has 0 aliphatic heterocycles. The highest BCUT2D eigenvalue weighted by atomic mass is 32.1. The Bertz CT molecular complexity index is 1240. The zero-order valence-corrected chi connectivity index (χ0v) is 15.1. The summed E-state index contributed by atoms with van der Waals surface area (Å²) in [6, 6.07) is 27.2. The van der Waals surface area contributed by atoms with E-state index < -0.39 is 0 Å². The van der Waals surface area contributed by atoms with Crippen LogP contribution in [0.2, 0.25) is 0 Å². The van der Waals surface area contributed by atoms with Gasteiger partial charge in [-0.15, -0.1) is 11.3 Å². The van der Waals surface area contributed by atoms with Gasteiger partial charge in [0.25, 0.3) is 0 Å². The van der Waals surface area contributed by atoms with Crippen molar-refractivity contribution < 1.29 is 0 Å². The summed E-state index contributed by atoms with van der Waals surface area (Å²) < 4.78 is 2.40. The highest BCUT2D eigenvalue weighted by Crippen LogP contribution is 2.39. The van der Waals surface area contributed by atoms with Crippen LogP contribution in [-0.4, -0.2) is 9.97 Å². The van der Waals surface area contributed by atoms with Gasteiger partial charge >= 0.3 is 0 Å². The van der Waals surface area contributed by atoms with Gasteiger partial charge in [-0.2, -0.15) is 0 Å². The number of aryl methyl sites for hydroxylation is 1. The third-order valence-corrected chi connectivity index (χ3v) is 5.71. The first-order valence-corrected chi connectivity index (χ1v) is 9.43. The summed E-state index contributed by atoms with van der Waals surface area (Å²) in [6.07, 6.45) is 0. The number of hydrogen-bond donors (Lipinski definition) is 0. The Morgan fingerprint density at radius 3 is 2.35 bits per heavy atom. The van der Waals surface area contributed by atoms with E-state index in [0.717, 1.165) is 32.9 Å². The average molecular weight is 352 g/mol. The Morgan fingerprint density at radius 1 is 0.731 bits per heavy atom. The van der Waals surface area contributed by atoms with Gasteiger partial charge < -0.3 is 0 Å². The second-order valence-corrected chi connectivity index (χ2v) is 7.46. The fourth-order valence-corrected chi connectivity index (χ4v) is 4.45. The first-order valence-electron chi connectivity index (χ1n) is 8.61. The highest BCUT2D eigenvalue weighted by Gasteiger charge is 2.16. The first-order chi connectivity index (χ1) is 12.8. The Hall–Kier alpha value is -3.04. The molecule has 3 aromatic carbocycles. The van der Waals surface area contributed by atoms with E-state index in [1.165, 1.54) is 15.6 Å². The van der Waals surface area contributed by atoms with Crippen molar-refractivity contribution in [1.82, 2.24) is 9.97 Å². The lowest BCUT2D eigenvalue weighted by Gasteiger charge is -2.07. The minimum Gasteiger partial charge on any atom is -0.226 e. The normalized spacial score (nSPS) is 11.3. The number of benzene rings is 3. The fraction of sp³-hybridized carbons (Fsp3) is 0.0435. The average Bonchev–Trinajstić information content (AvgIpc) is 3.06. The van der Waals surface area contributed by atoms with Gasteiger partial charge in [0.15, 0.2) is 5.82 Å². The van der Waals surface area contributed by atoms with Crippen molar-refractivity contribution in [2.45, 2.75) is 6.92 Å². The van der Waals surface area contributed by atoms with Crippen LogP contribution in [0, 0.1) is 6.92 Å². The van der Waals surface area contributed by atoms with E-state index in [9.17, 15) is 0 Å². The summed E-state index contributed by atoms with van der Waals surface area (Å²) in [4.78, 5) is 9.92. The number of fused-ring (bicyclic) bond motifs is 3. The lowest BCUT2D eigenvalue weighted by atomic mass is 10.1. The molecule has 0 N–H and O–H groups in total. The molecule has 0 radical (unpaired) electrons. The number of rotatable bonds is 2. The molecule has 2 aromatic heterocycles. The SMILES string of the molecule is Cc1cccc(-c2nc(-c3ccccc3)nc3c2sc2ccccc23)c1. The summed E-state index contributed by atoms with van der Waals surface area (Å²) in [7, 11) is 0. The van der Waals surface area contributed by atoms with Crippen molar-refractivity contribution in [3.63, 3.8) is 0 Å². The molecule has 0 fully saturated rings. The van der Waals surface area contributed by atoms with Gasteiger partial charge in [0.1, 0.15) is 0 Å². The minimum atomic E-state index is 0.776. The molecule has 0 spiro atoms. The van der Waals surface area contributed by atoms with Gasteiger partial charge in [0.2, 0.25) is 0 Å². The summed E-state index contributed by atoms with van der Waals surface area (Å²) in [6.45, 7) is 2.12. The summed E-state index contributed by atoms with van der Waals surface area (Å²) >= 11 is 1.77. The van der Waals surface area contributed by atoms with Crippen molar-refractivity contribution in [3.8, 4) is 22.6 Å². The number of thiophene rings is 1. The lowest BCUT2D eigenvalue weighted by Crippen LogP contribution is -1.93. The molecular formula is C23H16N2S. The van der Waals surface area contributed by atoms with Crippen LogP contribution in [0.3, 0.4) is 0 Å². The molecule has 2 heterocycles. The topological polar surface area (TPSA) is 25.8 Å². The molecular weight excluding hydrogens is 336 g/mol. The largest absolute Gasteiger partial charge is 0.226 e. The first kappa shape index (κ1) is 15.2. The molecule has 0 aliphatic rings. The van der Waals surface area contributed by atoms with E-state index in [1.807, 2.05) is 18.2 Å². The number of aromatic nitrogens is 2. The maximum Gasteiger partial charge on any atom is 0.160 e. The summed E-state index contributed by atoms with van der Waals surface area (Å²) in [5.74, 6) is 0.776. The van der Waals surface area contributed by atoms with E-state index in [1.54, 1.807) is 11.3 Å². The molecule has 5 rings (SSSR count). The van der Waals surface area contributed by atoms with Crippen molar-refractivity contribution in [3.05, 3.63) is 84.4 Å². The van der Waals surface area contributed by atoms with Gasteiger partial charge in [-0.05, 0) is 19.1 Å². The molecule has 124 valence electrons. The molecule has 0 bridgehead atoms. The van der Waals surface area contributed by atoms with E-state index in [0.29, 0.717) is 0 Å². The molecule has 0 saturated carbocycles. The second kappa shape index (κ2) is 6.04.